The summed E-state index contributed by atoms with van der Waals surface area (Å²) < 4.78 is 15.3. The van der Waals surface area contributed by atoms with Crippen LogP contribution < -0.4 is 20.1 Å². The third kappa shape index (κ3) is 4.26. The highest BCUT2D eigenvalue weighted by Gasteiger charge is 2.16. The first-order chi connectivity index (χ1) is 13.5. The van der Waals surface area contributed by atoms with Gasteiger partial charge in [0.1, 0.15) is 28.6 Å². The SMILES string of the molecule is COc1ccc(OC)c(NC(=O)c2cccc(C(=O)Nc3cc(C)on3)n2)c1. The van der Waals surface area contributed by atoms with Crippen LogP contribution in [-0.2, 0) is 0 Å². The number of benzene rings is 1. The number of pyridine rings is 1. The van der Waals surface area contributed by atoms with Crippen molar-refractivity contribution in [2.24, 2.45) is 0 Å². The number of hydrogen-bond acceptors (Lipinski definition) is 7. The van der Waals surface area contributed by atoms with Gasteiger partial charge < -0.3 is 24.6 Å². The molecule has 2 heterocycles. The summed E-state index contributed by atoms with van der Waals surface area (Å²) in [6.45, 7) is 1.71. The Morgan fingerprint density at radius 3 is 2.29 bits per heavy atom. The Labute approximate surface area is 160 Å². The smallest absolute Gasteiger partial charge is 0.275 e. The standard InChI is InChI=1S/C19H18N4O5/c1-11-9-17(23-28-11)22-19(25)14-6-4-5-13(20-14)18(24)21-15-10-12(26-2)7-8-16(15)27-3/h4-10H,1-3H3,(H,21,24)(H,22,23,25). The summed E-state index contributed by atoms with van der Waals surface area (Å²) in [6.07, 6.45) is 0. The molecule has 2 amide bonds. The van der Waals surface area contributed by atoms with Crippen LogP contribution in [0.4, 0.5) is 11.5 Å². The first kappa shape index (κ1) is 18.9. The van der Waals surface area contributed by atoms with E-state index in [9.17, 15) is 9.59 Å². The van der Waals surface area contributed by atoms with E-state index in [0.717, 1.165) is 0 Å². The average Bonchev–Trinajstić information content (AvgIpc) is 3.12. The van der Waals surface area contributed by atoms with Gasteiger partial charge in [-0.1, -0.05) is 11.2 Å². The van der Waals surface area contributed by atoms with E-state index in [1.807, 2.05) is 0 Å². The van der Waals surface area contributed by atoms with Gasteiger partial charge >= 0.3 is 0 Å². The Bertz CT molecular complexity index is 1020. The third-order valence-electron chi connectivity index (χ3n) is 3.74. The second-order valence-electron chi connectivity index (χ2n) is 5.71. The molecular weight excluding hydrogens is 364 g/mol. The van der Waals surface area contributed by atoms with Gasteiger partial charge in [0.05, 0.1) is 19.9 Å². The van der Waals surface area contributed by atoms with Crippen LogP contribution in [0.25, 0.3) is 0 Å². The number of anilines is 2. The van der Waals surface area contributed by atoms with Gasteiger partial charge in [0.2, 0.25) is 0 Å². The minimum atomic E-state index is -0.512. The van der Waals surface area contributed by atoms with E-state index < -0.39 is 11.8 Å². The second kappa shape index (κ2) is 8.21. The van der Waals surface area contributed by atoms with E-state index in [0.29, 0.717) is 22.9 Å². The fraction of sp³-hybridized carbons (Fsp3) is 0.158. The van der Waals surface area contributed by atoms with Gasteiger partial charge in [-0.3, -0.25) is 9.59 Å². The van der Waals surface area contributed by atoms with Crippen LogP contribution in [0, 0.1) is 6.92 Å². The van der Waals surface area contributed by atoms with Crippen molar-refractivity contribution in [3.63, 3.8) is 0 Å². The van der Waals surface area contributed by atoms with Gasteiger partial charge in [-0.05, 0) is 31.2 Å². The zero-order chi connectivity index (χ0) is 20.1. The fourth-order valence-electron chi connectivity index (χ4n) is 2.39. The molecular formula is C19H18N4O5. The average molecular weight is 382 g/mol. The number of methoxy groups -OCH3 is 2. The molecule has 3 aromatic rings. The maximum Gasteiger partial charge on any atom is 0.275 e. The molecule has 0 bridgehead atoms. The fourth-order valence-corrected chi connectivity index (χ4v) is 2.39. The van der Waals surface area contributed by atoms with Gasteiger partial charge in [-0.25, -0.2) is 4.98 Å². The quantitative estimate of drug-likeness (QED) is 0.673. The molecule has 0 aliphatic rings. The van der Waals surface area contributed by atoms with Crippen molar-refractivity contribution in [1.29, 1.82) is 0 Å². The Morgan fingerprint density at radius 1 is 0.964 bits per heavy atom. The Kier molecular flexibility index (Phi) is 5.54. The lowest BCUT2D eigenvalue weighted by atomic mass is 10.2. The summed E-state index contributed by atoms with van der Waals surface area (Å²) in [6, 6.07) is 11.1. The maximum atomic E-state index is 12.6. The molecule has 2 N–H and O–H groups in total. The van der Waals surface area contributed by atoms with Crippen molar-refractivity contribution in [1.82, 2.24) is 10.1 Å². The normalized spacial score (nSPS) is 10.2. The van der Waals surface area contributed by atoms with Crippen LogP contribution in [0.2, 0.25) is 0 Å². The number of hydrogen-bond donors (Lipinski definition) is 2. The van der Waals surface area contributed by atoms with Crippen molar-refractivity contribution in [2.75, 3.05) is 24.9 Å². The number of amides is 2. The Hall–Kier alpha value is -3.88. The minimum Gasteiger partial charge on any atom is -0.497 e. The van der Waals surface area contributed by atoms with E-state index in [4.69, 9.17) is 14.0 Å². The highest BCUT2D eigenvalue weighted by molar-refractivity contribution is 6.06. The number of nitrogens with one attached hydrogen (secondary N) is 2. The van der Waals surface area contributed by atoms with Crippen LogP contribution in [-0.4, -0.2) is 36.2 Å². The van der Waals surface area contributed by atoms with Crippen LogP contribution >= 0.6 is 0 Å². The largest absolute Gasteiger partial charge is 0.497 e. The number of rotatable bonds is 6. The molecule has 0 radical (unpaired) electrons. The first-order valence-electron chi connectivity index (χ1n) is 8.25. The lowest BCUT2D eigenvalue weighted by Gasteiger charge is -2.11. The summed E-state index contributed by atoms with van der Waals surface area (Å²) in [4.78, 5) is 29.0. The van der Waals surface area contributed by atoms with Crippen molar-refractivity contribution in [3.8, 4) is 11.5 Å². The van der Waals surface area contributed by atoms with Crippen LogP contribution in [0.5, 0.6) is 11.5 Å². The molecule has 0 atom stereocenters. The monoisotopic (exact) mass is 382 g/mol. The summed E-state index contributed by atoms with van der Waals surface area (Å²) in [5, 5.41) is 8.95. The van der Waals surface area contributed by atoms with E-state index >= 15 is 0 Å². The van der Waals surface area contributed by atoms with Crippen LogP contribution in [0.1, 0.15) is 26.7 Å². The molecule has 0 fully saturated rings. The molecule has 0 saturated heterocycles. The molecule has 9 nitrogen and oxygen atoms in total. The number of aromatic nitrogens is 2. The zero-order valence-corrected chi connectivity index (χ0v) is 15.5. The van der Waals surface area contributed by atoms with E-state index in [1.165, 1.54) is 26.4 Å². The molecule has 2 aromatic heterocycles. The molecule has 144 valence electrons. The van der Waals surface area contributed by atoms with Crippen molar-refractivity contribution < 1.29 is 23.6 Å². The van der Waals surface area contributed by atoms with Crippen molar-refractivity contribution in [3.05, 3.63) is 59.6 Å². The van der Waals surface area contributed by atoms with Crippen molar-refractivity contribution >= 4 is 23.3 Å². The van der Waals surface area contributed by atoms with E-state index in [1.54, 1.807) is 37.3 Å². The number of carbonyl (C=O) groups is 2. The molecule has 1 aromatic carbocycles. The maximum absolute atomic E-state index is 12.6. The molecule has 0 saturated carbocycles. The number of ether oxygens (including phenoxy) is 2. The molecule has 9 heteroatoms. The highest BCUT2D eigenvalue weighted by atomic mass is 16.5. The molecule has 0 aliphatic heterocycles. The number of nitrogens with zero attached hydrogens (tertiary/aromatic N) is 2. The predicted octanol–water partition coefficient (Wildman–Crippen LogP) is 2.90. The summed E-state index contributed by atoms with van der Waals surface area (Å²) in [5.41, 5.74) is 0.543. The Balaban J connectivity index is 1.78. The number of carbonyl (C=O) groups excluding carboxylic acids is 2. The summed E-state index contributed by atoms with van der Waals surface area (Å²) >= 11 is 0. The topological polar surface area (TPSA) is 116 Å². The summed E-state index contributed by atoms with van der Waals surface area (Å²) in [5.74, 6) is 0.828. The molecule has 0 aliphatic carbocycles. The first-order valence-corrected chi connectivity index (χ1v) is 8.25. The van der Waals surface area contributed by atoms with Gasteiger partial charge in [0.15, 0.2) is 5.82 Å². The Morgan fingerprint density at radius 2 is 1.68 bits per heavy atom. The number of aryl methyl sites for hydroxylation is 1. The predicted molar refractivity (Wildman–Crippen MR) is 101 cm³/mol. The molecule has 3 rings (SSSR count). The lowest BCUT2D eigenvalue weighted by molar-refractivity contribution is 0.101. The zero-order valence-electron chi connectivity index (χ0n) is 15.5. The van der Waals surface area contributed by atoms with Gasteiger partial charge in [0.25, 0.3) is 11.8 Å². The minimum absolute atomic E-state index is 0.0610. The van der Waals surface area contributed by atoms with Crippen LogP contribution in [0.3, 0.4) is 0 Å². The van der Waals surface area contributed by atoms with Gasteiger partial charge in [0, 0.05) is 12.1 Å². The molecule has 0 spiro atoms. The van der Waals surface area contributed by atoms with E-state index in [2.05, 4.69) is 20.8 Å². The van der Waals surface area contributed by atoms with Gasteiger partial charge in [-0.2, -0.15) is 0 Å². The lowest BCUT2D eigenvalue weighted by Crippen LogP contribution is -2.18. The van der Waals surface area contributed by atoms with Crippen molar-refractivity contribution in [2.45, 2.75) is 6.92 Å². The summed E-state index contributed by atoms with van der Waals surface area (Å²) in [7, 11) is 3.01. The molecule has 28 heavy (non-hydrogen) atoms. The third-order valence-corrected chi connectivity index (χ3v) is 3.74. The van der Waals surface area contributed by atoms with Crippen LogP contribution in [0.15, 0.2) is 47.0 Å². The van der Waals surface area contributed by atoms with Gasteiger partial charge in [-0.15, -0.1) is 0 Å². The van der Waals surface area contributed by atoms with E-state index in [-0.39, 0.29) is 17.2 Å². The highest BCUT2D eigenvalue weighted by Crippen LogP contribution is 2.29. The molecule has 0 unspecified atom stereocenters. The second-order valence-corrected chi connectivity index (χ2v) is 5.71.